The molecule has 8 heteroatoms. The van der Waals surface area contributed by atoms with Crippen molar-refractivity contribution in [2.45, 2.75) is 6.92 Å². The number of halogens is 2. The Morgan fingerprint density at radius 2 is 1.62 bits per heavy atom. The summed E-state index contributed by atoms with van der Waals surface area (Å²) in [6, 6.07) is 5.33. The van der Waals surface area contributed by atoms with Gasteiger partial charge >= 0.3 is 0 Å². The molecule has 0 N–H and O–H groups in total. The number of aromatic nitrogens is 2. The number of aliphatic imine (C=N–C) groups is 1. The van der Waals surface area contributed by atoms with Gasteiger partial charge in [-0.1, -0.05) is 0 Å². The number of nitrogens with zero attached hydrogens (tertiary/aromatic N) is 5. The molecule has 3 heterocycles. The molecule has 2 aliphatic rings. The van der Waals surface area contributed by atoms with Crippen LogP contribution in [0.3, 0.4) is 0 Å². The molecule has 2 aliphatic heterocycles. The standard InChI is InChI=1S/C18H19F2N5O/c1-12-22-16(24-4-6-26-7-5-24)11-17(23-12)25-3-2-21-18(25)13-8-14(19)10-15(20)9-13/h8-11H,2-7H2,1H3. The van der Waals surface area contributed by atoms with Gasteiger partial charge in [-0.15, -0.1) is 0 Å². The molecular weight excluding hydrogens is 340 g/mol. The number of aryl methyl sites for hydroxylation is 1. The topological polar surface area (TPSA) is 53.9 Å². The Kier molecular flexibility index (Phi) is 4.50. The Labute approximate surface area is 150 Å². The Morgan fingerprint density at radius 3 is 2.35 bits per heavy atom. The number of benzene rings is 1. The van der Waals surface area contributed by atoms with Crippen LogP contribution in [0, 0.1) is 18.6 Å². The smallest absolute Gasteiger partial charge is 0.140 e. The summed E-state index contributed by atoms with van der Waals surface area (Å²) < 4.78 is 32.6. The van der Waals surface area contributed by atoms with Crippen LogP contribution in [0.25, 0.3) is 0 Å². The maximum Gasteiger partial charge on any atom is 0.140 e. The third-order valence-corrected chi connectivity index (χ3v) is 4.38. The summed E-state index contributed by atoms with van der Waals surface area (Å²) in [6.45, 7) is 5.85. The van der Waals surface area contributed by atoms with Gasteiger partial charge in [0.1, 0.15) is 34.9 Å². The minimum atomic E-state index is -0.623. The third-order valence-electron chi connectivity index (χ3n) is 4.38. The zero-order valence-electron chi connectivity index (χ0n) is 14.5. The predicted molar refractivity (Wildman–Crippen MR) is 94.9 cm³/mol. The van der Waals surface area contributed by atoms with Gasteiger partial charge in [0.05, 0.1) is 19.8 Å². The van der Waals surface area contributed by atoms with Crippen LogP contribution in [-0.4, -0.2) is 55.2 Å². The number of hydrogen-bond donors (Lipinski definition) is 0. The summed E-state index contributed by atoms with van der Waals surface area (Å²) in [5.74, 6) is 1.42. The number of ether oxygens (including phenoxy) is 1. The van der Waals surface area contributed by atoms with Crippen LogP contribution in [0.15, 0.2) is 29.3 Å². The van der Waals surface area contributed by atoms with Gasteiger partial charge in [0, 0.05) is 37.3 Å². The summed E-state index contributed by atoms with van der Waals surface area (Å²) in [4.78, 5) is 17.5. The highest BCUT2D eigenvalue weighted by Gasteiger charge is 2.24. The molecule has 26 heavy (non-hydrogen) atoms. The zero-order chi connectivity index (χ0) is 18.1. The van der Waals surface area contributed by atoms with Crippen LogP contribution < -0.4 is 9.80 Å². The van der Waals surface area contributed by atoms with Gasteiger partial charge in [-0.05, 0) is 19.1 Å². The molecule has 0 radical (unpaired) electrons. The average Bonchev–Trinajstić information content (AvgIpc) is 3.11. The van der Waals surface area contributed by atoms with Gasteiger partial charge in [-0.3, -0.25) is 4.99 Å². The van der Waals surface area contributed by atoms with Crippen LogP contribution in [0.1, 0.15) is 11.4 Å². The van der Waals surface area contributed by atoms with E-state index in [9.17, 15) is 8.78 Å². The minimum Gasteiger partial charge on any atom is -0.378 e. The normalized spacial score (nSPS) is 17.6. The summed E-state index contributed by atoms with van der Waals surface area (Å²) >= 11 is 0. The van der Waals surface area contributed by atoms with E-state index in [0.717, 1.165) is 25.0 Å². The Morgan fingerprint density at radius 1 is 0.923 bits per heavy atom. The van der Waals surface area contributed by atoms with Gasteiger partial charge < -0.3 is 14.5 Å². The molecule has 0 saturated carbocycles. The Bertz CT molecular complexity index is 831. The SMILES string of the molecule is Cc1nc(N2CCOCC2)cc(N2CCN=C2c2cc(F)cc(F)c2)n1. The van der Waals surface area contributed by atoms with Crippen molar-refractivity contribution in [2.24, 2.45) is 4.99 Å². The first-order valence-corrected chi connectivity index (χ1v) is 8.57. The molecule has 6 nitrogen and oxygen atoms in total. The van der Waals surface area contributed by atoms with E-state index < -0.39 is 11.6 Å². The Hall–Kier alpha value is -2.61. The number of amidine groups is 1. The first-order valence-electron chi connectivity index (χ1n) is 8.57. The molecule has 136 valence electrons. The zero-order valence-corrected chi connectivity index (χ0v) is 14.5. The van der Waals surface area contributed by atoms with Crippen molar-refractivity contribution >= 4 is 17.5 Å². The van der Waals surface area contributed by atoms with Crippen molar-refractivity contribution in [1.82, 2.24) is 9.97 Å². The maximum absolute atomic E-state index is 13.6. The number of rotatable bonds is 3. The summed E-state index contributed by atoms with van der Waals surface area (Å²) in [5.41, 5.74) is 0.407. The number of hydrogen-bond acceptors (Lipinski definition) is 6. The van der Waals surface area contributed by atoms with Crippen LogP contribution >= 0.6 is 0 Å². The molecule has 0 unspecified atom stereocenters. The van der Waals surface area contributed by atoms with Crippen LogP contribution in [0.4, 0.5) is 20.4 Å². The largest absolute Gasteiger partial charge is 0.378 e. The molecular formula is C18H19F2N5O. The molecule has 0 bridgehead atoms. The summed E-state index contributed by atoms with van der Waals surface area (Å²) in [7, 11) is 0. The molecule has 0 amide bonds. The minimum absolute atomic E-state index is 0.407. The summed E-state index contributed by atoms with van der Waals surface area (Å²) in [6.07, 6.45) is 0. The Balaban J connectivity index is 1.68. The van der Waals surface area contributed by atoms with E-state index in [1.165, 1.54) is 12.1 Å². The lowest BCUT2D eigenvalue weighted by atomic mass is 10.2. The van der Waals surface area contributed by atoms with E-state index in [-0.39, 0.29) is 0 Å². The summed E-state index contributed by atoms with van der Waals surface area (Å²) in [5, 5.41) is 0. The van der Waals surface area contributed by atoms with Crippen LogP contribution in [0.2, 0.25) is 0 Å². The molecule has 0 spiro atoms. The molecule has 1 aromatic carbocycles. The number of anilines is 2. The second kappa shape index (κ2) is 6.95. The monoisotopic (exact) mass is 359 g/mol. The van der Waals surface area contributed by atoms with Crippen molar-refractivity contribution in [3.63, 3.8) is 0 Å². The fourth-order valence-electron chi connectivity index (χ4n) is 3.23. The lowest BCUT2D eigenvalue weighted by molar-refractivity contribution is 0.122. The van der Waals surface area contributed by atoms with Crippen molar-refractivity contribution in [3.05, 3.63) is 47.3 Å². The fourth-order valence-corrected chi connectivity index (χ4v) is 3.23. The molecule has 0 aliphatic carbocycles. The van der Waals surface area contributed by atoms with E-state index in [4.69, 9.17) is 4.74 Å². The lowest BCUT2D eigenvalue weighted by Crippen LogP contribution is -2.37. The number of morpholine rings is 1. The van der Waals surface area contributed by atoms with Gasteiger partial charge in [0.25, 0.3) is 0 Å². The fraction of sp³-hybridized carbons (Fsp3) is 0.389. The second-order valence-electron chi connectivity index (χ2n) is 6.25. The first-order chi connectivity index (χ1) is 12.6. The van der Waals surface area contributed by atoms with Gasteiger partial charge in [-0.2, -0.15) is 0 Å². The van der Waals surface area contributed by atoms with E-state index in [1.54, 1.807) is 0 Å². The highest BCUT2D eigenvalue weighted by atomic mass is 19.1. The van der Waals surface area contributed by atoms with Crippen molar-refractivity contribution in [3.8, 4) is 0 Å². The van der Waals surface area contributed by atoms with Crippen LogP contribution in [0.5, 0.6) is 0 Å². The van der Waals surface area contributed by atoms with Crippen molar-refractivity contribution < 1.29 is 13.5 Å². The molecule has 2 aromatic rings. The van der Waals surface area contributed by atoms with Gasteiger partial charge in [0.2, 0.25) is 0 Å². The molecule has 1 fully saturated rings. The van der Waals surface area contributed by atoms with E-state index >= 15 is 0 Å². The highest BCUT2D eigenvalue weighted by molar-refractivity contribution is 6.10. The second-order valence-corrected chi connectivity index (χ2v) is 6.25. The van der Waals surface area contributed by atoms with E-state index in [0.29, 0.717) is 49.3 Å². The van der Waals surface area contributed by atoms with Crippen molar-refractivity contribution in [1.29, 1.82) is 0 Å². The van der Waals surface area contributed by atoms with E-state index in [1.807, 2.05) is 17.9 Å². The first kappa shape index (κ1) is 16.8. The molecule has 1 aromatic heterocycles. The van der Waals surface area contributed by atoms with Crippen molar-refractivity contribution in [2.75, 3.05) is 49.2 Å². The quantitative estimate of drug-likeness (QED) is 0.841. The lowest BCUT2D eigenvalue weighted by Gasteiger charge is -2.29. The molecule has 1 saturated heterocycles. The van der Waals surface area contributed by atoms with Gasteiger partial charge in [-0.25, -0.2) is 18.7 Å². The average molecular weight is 359 g/mol. The molecule has 0 atom stereocenters. The highest BCUT2D eigenvalue weighted by Crippen LogP contribution is 2.24. The van der Waals surface area contributed by atoms with Gasteiger partial charge in [0.15, 0.2) is 0 Å². The third kappa shape index (κ3) is 3.37. The molecule has 4 rings (SSSR count). The van der Waals surface area contributed by atoms with Crippen LogP contribution in [-0.2, 0) is 4.74 Å². The van der Waals surface area contributed by atoms with E-state index in [2.05, 4.69) is 19.9 Å². The maximum atomic E-state index is 13.6. The predicted octanol–water partition coefficient (Wildman–Crippen LogP) is 2.17.